The van der Waals surface area contributed by atoms with Crippen molar-refractivity contribution in [2.75, 3.05) is 4.72 Å². The van der Waals surface area contributed by atoms with Gasteiger partial charge in [-0.1, -0.05) is 12.1 Å². The van der Waals surface area contributed by atoms with Crippen molar-refractivity contribution in [1.82, 2.24) is 0 Å². The molecule has 7 heteroatoms. The highest BCUT2D eigenvalue weighted by atomic mass is 79.9. The summed E-state index contributed by atoms with van der Waals surface area (Å²) in [5, 5.41) is 8.92. The van der Waals surface area contributed by atoms with Gasteiger partial charge in [-0.05, 0) is 58.7 Å². The minimum Gasteiger partial charge on any atom is -0.478 e. The maximum Gasteiger partial charge on any atom is 0.335 e. The molecule has 110 valence electrons. The third-order valence-electron chi connectivity index (χ3n) is 2.76. The van der Waals surface area contributed by atoms with E-state index >= 15 is 0 Å². The molecular formula is C14H12BrNO4S. The summed E-state index contributed by atoms with van der Waals surface area (Å²) in [5.41, 5.74) is 1.29. The zero-order chi connectivity index (χ0) is 15.6. The summed E-state index contributed by atoms with van der Waals surface area (Å²) in [4.78, 5) is 10.8. The van der Waals surface area contributed by atoms with Crippen molar-refractivity contribution in [3.8, 4) is 0 Å². The molecule has 5 nitrogen and oxygen atoms in total. The van der Waals surface area contributed by atoms with E-state index in [2.05, 4.69) is 20.7 Å². The van der Waals surface area contributed by atoms with E-state index in [-0.39, 0.29) is 10.5 Å². The molecule has 0 bridgehead atoms. The molecule has 0 amide bonds. The van der Waals surface area contributed by atoms with Gasteiger partial charge < -0.3 is 5.11 Å². The average Bonchev–Trinajstić information content (AvgIpc) is 2.42. The Morgan fingerprint density at radius 1 is 1.19 bits per heavy atom. The van der Waals surface area contributed by atoms with E-state index < -0.39 is 16.0 Å². The lowest BCUT2D eigenvalue weighted by Crippen LogP contribution is -2.14. The number of halogens is 1. The van der Waals surface area contributed by atoms with Gasteiger partial charge in [0.1, 0.15) is 0 Å². The second kappa shape index (κ2) is 5.87. The molecule has 0 unspecified atom stereocenters. The molecule has 2 rings (SSSR count). The standard InChI is InChI=1S/C14H12BrNO4S/c1-9-5-6-13(12(15)7-9)16-21(19,20)11-4-2-3-10(8-11)14(17)18/h2-8,16H,1H3,(H,17,18). The van der Waals surface area contributed by atoms with Crippen LogP contribution in [0.2, 0.25) is 0 Å². The molecule has 0 spiro atoms. The molecule has 2 aromatic rings. The molecule has 0 saturated heterocycles. The molecule has 0 heterocycles. The Labute approximate surface area is 130 Å². The zero-order valence-electron chi connectivity index (χ0n) is 11.0. The molecule has 0 aliphatic heterocycles. The second-order valence-electron chi connectivity index (χ2n) is 4.42. The summed E-state index contributed by atoms with van der Waals surface area (Å²) in [7, 11) is -3.85. The van der Waals surface area contributed by atoms with Crippen LogP contribution in [0.5, 0.6) is 0 Å². The fraction of sp³-hybridized carbons (Fsp3) is 0.0714. The second-order valence-corrected chi connectivity index (χ2v) is 6.96. The van der Waals surface area contributed by atoms with Crippen LogP contribution in [0.25, 0.3) is 0 Å². The van der Waals surface area contributed by atoms with Crippen molar-refractivity contribution >= 4 is 37.6 Å². The number of aryl methyl sites for hydroxylation is 1. The van der Waals surface area contributed by atoms with Gasteiger partial charge in [0.25, 0.3) is 10.0 Å². The highest BCUT2D eigenvalue weighted by molar-refractivity contribution is 9.10. The Morgan fingerprint density at radius 3 is 2.52 bits per heavy atom. The largest absolute Gasteiger partial charge is 0.478 e. The highest BCUT2D eigenvalue weighted by Gasteiger charge is 2.17. The van der Waals surface area contributed by atoms with Crippen LogP contribution in [0.4, 0.5) is 5.69 Å². The van der Waals surface area contributed by atoms with E-state index in [4.69, 9.17) is 5.11 Å². The van der Waals surface area contributed by atoms with E-state index in [0.717, 1.165) is 11.6 Å². The van der Waals surface area contributed by atoms with Crippen molar-refractivity contribution < 1.29 is 18.3 Å². The van der Waals surface area contributed by atoms with Gasteiger partial charge in [0, 0.05) is 4.47 Å². The number of carboxylic acid groups (broad SMARTS) is 1. The molecule has 0 aliphatic carbocycles. The normalized spacial score (nSPS) is 11.1. The van der Waals surface area contributed by atoms with Crippen LogP contribution in [0.1, 0.15) is 15.9 Å². The maximum absolute atomic E-state index is 12.3. The number of carboxylic acids is 1. The lowest BCUT2D eigenvalue weighted by Gasteiger charge is -2.10. The minimum atomic E-state index is -3.85. The minimum absolute atomic E-state index is 0.0825. The zero-order valence-corrected chi connectivity index (χ0v) is 13.4. The highest BCUT2D eigenvalue weighted by Crippen LogP contribution is 2.26. The quantitative estimate of drug-likeness (QED) is 0.866. The Bertz CT molecular complexity index is 802. The first-order chi connectivity index (χ1) is 9.79. The Morgan fingerprint density at radius 2 is 1.90 bits per heavy atom. The molecule has 0 atom stereocenters. The van der Waals surface area contributed by atoms with E-state index in [1.165, 1.54) is 18.2 Å². The van der Waals surface area contributed by atoms with Crippen LogP contribution in [0.15, 0.2) is 51.8 Å². The maximum atomic E-state index is 12.3. The number of anilines is 1. The third kappa shape index (κ3) is 3.62. The van der Waals surface area contributed by atoms with E-state index in [0.29, 0.717) is 10.2 Å². The summed E-state index contributed by atoms with van der Waals surface area (Å²) in [5.74, 6) is -1.18. The molecule has 0 aromatic heterocycles. The molecule has 0 fully saturated rings. The van der Waals surface area contributed by atoms with Crippen molar-refractivity contribution in [2.24, 2.45) is 0 Å². The van der Waals surface area contributed by atoms with Crippen LogP contribution >= 0.6 is 15.9 Å². The number of benzene rings is 2. The number of hydrogen-bond acceptors (Lipinski definition) is 3. The predicted molar refractivity (Wildman–Crippen MR) is 83.1 cm³/mol. The average molecular weight is 370 g/mol. The summed E-state index contributed by atoms with van der Waals surface area (Å²) in [6, 6.07) is 10.4. The van der Waals surface area contributed by atoms with E-state index in [9.17, 15) is 13.2 Å². The molecule has 21 heavy (non-hydrogen) atoms. The third-order valence-corrected chi connectivity index (χ3v) is 4.78. The fourth-order valence-corrected chi connectivity index (χ4v) is 3.55. The SMILES string of the molecule is Cc1ccc(NS(=O)(=O)c2cccc(C(=O)O)c2)c(Br)c1. The lowest BCUT2D eigenvalue weighted by atomic mass is 10.2. The van der Waals surface area contributed by atoms with Gasteiger partial charge in [0.05, 0.1) is 16.1 Å². The molecule has 0 saturated carbocycles. The van der Waals surface area contributed by atoms with Gasteiger partial charge in [-0.2, -0.15) is 0 Å². The Balaban J connectivity index is 2.38. The molecule has 0 radical (unpaired) electrons. The summed E-state index contributed by atoms with van der Waals surface area (Å²) in [6.07, 6.45) is 0. The van der Waals surface area contributed by atoms with Crippen LogP contribution in [0, 0.1) is 6.92 Å². The summed E-state index contributed by atoms with van der Waals surface area (Å²) < 4.78 is 27.6. The first kappa shape index (κ1) is 15.5. The number of rotatable bonds is 4. The number of aromatic carboxylic acids is 1. The van der Waals surface area contributed by atoms with Crippen LogP contribution in [-0.2, 0) is 10.0 Å². The number of nitrogens with one attached hydrogen (secondary N) is 1. The predicted octanol–water partition coefficient (Wildman–Crippen LogP) is 3.26. The molecule has 2 aromatic carbocycles. The lowest BCUT2D eigenvalue weighted by molar-refractivity contribution is 0.0696. The van der Waals surface area contributed by atoms with Crippen molar-refractivity contribution in [1.29, 1.82) is 0 Å². The molecule has 2 N–H and O–H groups in total. The van der Waals surface area contributed by atoms with Crippen molar-refractivity contribution in [3.63, 3.8) is 0 Å². The number of hydrogen-bond donors (Lipinski definition) is 2. The monoisotopic (exact) mass is 369 g/mol. The van der Waals surface area contributed by atoms with Crippen molar-refractivity contribution in [3.05, 3.63) is 58.1 Å². The van der Waals surface area contributed by atoms with Gasteiger partial charge in [0.2, 0.25) is 0 Å². The van der Waals surface area contributed by atoms with Gasteiger partial charge in [-0.25, -0.2) is 13.2 Å². The summed E-state index contributed by atoms with van der Waals surface area (Å²) in [6.45, 7) is 1.89. The summed E-state index contributed by atoms with van der Waals surface area (Å²) >= 11 is 3.29. The first-order valence-corrected chi connectivity index (χ1v) is 8.19. The van der Waals surface area contributed by atoms with Crippen molar-refractivity contribution in [2.45, 2.75) is 11.8 Å². The van der Waals surface area contributed by atoms with E-state index in [1.54, 1.807) is 18.2 Å². The smallest absolute Gasteiger partial charge is 0.335 e. The fourth-order valence-electron chi connectivity index (χ4n) is 1.70. The molecule has 0 aliphatic rings. The molecular weight excluding hydrogens is 358 g/mol. The first-order valence-electron chi connectivity index (χ1n) is 5.92. The number of carbonyl (C=O) groups is 1. The van der Waals surface area contributed by atoms with E-state index in [1.807, 2.05) is 6.92 Å². The van der Waals surface area contributed by atoms with Gasteiger partial charge in [-0.15, -0.1) is 0 Å². The van der Waals surface area contributed by atoms with Crippen LogP contribution < -0.4 is 4.72 Å². The van der Waals surface area contributed by atoms with Gasteiger partial charge >= 0.3 is 5.97 Å². The Hall–Kier alpha value is -1.86. The topological polar surface area (TPSA) is 83.5 Å². The van der Waals surface area contributed by atoms with Crippen LogP contribution in [-0.4, -0.2) is 19.5 Å². The van der Waals surface area contributed by atoms with Crippen LogP contribution in [0.3, 0.4) is 0 Å². The number of sulfonamides is 1. The Kier molecular flexibility index (Phi) is 4.34. The van der Waals surface area contributed by atoms with Gasteiger partial charge in [-0.3, -0.25) is 4.72 Å². The van der Waals surface area contributed by atoms with Gasteiger partial charge in [0.15, 0.2) is 0 Å².